The summed E-state index contributed by atoms with van der Waals surface area (Å²) >= 11 is 6.11. The molecule has 0 fully saturated rings. The maximum atomic E-state index is 6.11. The van der Waals surface area contributed by atoms with Crippen molar-refractivity contribution in [2.45, 2.75) is 13.3 Å². The number of aryl methyl sites for hydroxylation is 1. The van der Waals surface area contributed by atoms with Gasteiger partial charge in [0.2, 0.25) is 0 Å². The van der Waals surface area contributed by atoms with Crippen LogP contribution < -0.4 is 0 Å². The molecule has 0 aliphatic carbocycles. The summed E-state index contributed by atoms with van der Waals surface area (Å²) < 4.78 is 7.14. The van der Waals surface area contributed by atoms with E-state index >= 15 is 0 Å². The van der Waals surface area contributed by atoms with Gasteiger partial charge in [-0.25, -0.2) is 0 Å². The number of fused-ring (bicyclic) bond motifs is 1. The highest BCUT2D eigenvalue weighted by Gasteiger charge is 2.15. The molecule has 0 N–H and O–H groups in total. The Morgan fingerprint density at radius 2 is 2.24 bits per heavy atom. The van der Waals surface area contributed by atoms with E-state index in [0.29, 0.717) is 16.6 Å². The zero-order chi connectivity index (χ0) is 11.8. The summed E-state index contributed by atoms with van der Waals surface area (Å²) in [4.78, 5) is 3.97. The molecule has 0 radical (unpaired) electrons. The summed E-state index contributed by atoms with van der Waals surface area (Å²) in [6.45, 7) is 2.02. The van der Waals surface area contributed by atoms with E-state index in [2.05, 4.69) is 15.2 Å². The van der Waals surface area contributed by atoms with E-state index in [-0.39, 0.29) is 0 Å². The van der Waals surface area contributed by atoms with Crippen LogP contribution in [0.25, 0.3) is 17.0 Å². The van der Waals surface area contributed by atoms with Gasteiger partial charge in [-0.2, -0.15) is 0 Å². The van der Waals surface area contributed by atoms with Crippen molar-refractivity contribution >= 4 is 17.2 Å². The molecule has 17 heavy (non-hydrogen) atoms. The lowest BCUT2D eigenvalue weighted by Gasteiger charge is -2.00. The Balaban J connectivity index is 2.31. The number of halogens is 1. The van der Waals surface area contributed by atoms with Crippen LogP contribution in [0.15, 0.2) is 29.1 Å². The fourth-order valence-electron chi connectivity index (χ4n) is 1.80. The molecule has 0 aromatic carbocycles. The van der Waals surface area contributed by atoms with Crippen molar-refractivity contribution < 1.29 is 4.42 Å². The highest BCUT2D eigenvalue weighted by molar-refractivity contribution is 6.29. The molecule has 0 aliphatic heterocycles. The molecule has 0 saturated carbocycles. The number of rotatable bonds is 2. The first-order valence-corrected chi connectivity index (χ1v) is 5.60. The highest BCUT2D eigenvalue weighted by Crippen LogP contribution is 2.26. The molecule has 0 aliphatic rings. The van der Waals surface area contributed by atoms with Crippen LogP contribution in [-0.2, 0) is 6.42 Å². The number of aromatic nitrogens is 4. The van der Waals surface area contributed by atoms with E-state index in [4.69, 9.17) is 16.0 Å². The summed E-state index contributed by atoms with van der Waals surface area (Å²) in [5.41, 5.74) is 1.53. The summed E-state index contributed by atoms with van der Waals surface area (Å²) in [6.07, 6.45) is 5.62. The number of hydrogen-bond acceptors (Lipinski definition) is 4. The summed E-state index contributed by atoms with van der Waals surface area (Å²) in [6, 6.07) is 1.87. The maximum Gasteiger partial charge on any atom is 0.180 e. The third-order valence-electron chi connectivity index (χ3n) is 2.58. The topological polar surface area (TPSA) is 56.2 Å². The second-order valence-corrected chi connectivity index (χ2v) is 3.95. The van der Waals surface area contributed by atoms with Crippen LogP contribution in [0.3, 0.4) is 0 Å². The van der Waals surface area contributed by atoms with Crippen LogP contribution >= 0.6 is 11.6 Å². The van der Waals surface area contributed by atoms with Gasteiger partial charge in [0.25, 0.3) is 0 Å². The molecule has 0 amide bonds. The number of hydrogen-bond donors (Lipinski definition) is 0. The van der Waals surface area contributed by atoms with Crippen molar-refractivity contribution in [2.75, 3.05) is 0 Å². The van der Waals surface area contributed by atoms with Gasteiger partial charge in [0.05, 0.1) is 24.2 Å². The Kier molecular flexibility index (Phi) is 2.33. The molecule has 5 nitrogen and oxygen atoms in total. The fourth-order valence-corrected chi connectivity index (χ4v) is 2.02. The van der Waals surface area contributed by atoms with Gasteiger partial charge in [0.15, 0.2) is 11.5 Å². The number of furan rings is 1. The molecular formula is C11H9ClN4O. The minimum atomic E-state index is 0.478. The first-order valence-electron chi connectivity index (χ1n) is 5.22. The van der Waals surface area contributed by atoms with Crippen LogP contribution in [0.1, 0.15) is 12.7 Å². The molecule has 0 unspecified atom stereocenters. The average molecular weight is 249 g/mol. The minimum absolute atomic E-state index is 0.478. The number of nitrogens with zero attached hydrogens (tertiary/aromatic N) is 4. The van der Waals surface area contributed by atoms with Gasteiger partial charge >= 0.3 is 0 Å². The average Bonchev–Trinajstić information content (AvgIpc) is 2.94. The zero-order valence-electron chi connectivity index (χ0n) is 9.09. The predicted molar refractivity (Wildman–Crippen MR) is 62.9 cm³/mol. The Labute approximate surface area is 102 Å². The van der Waals surface area contributed by atoms with Gasteiger partial charge in [0, 0.05) is 6.42 Å². The van der Waals surface area contributed by atoms with Crippen molar-refractivity contribution in [3.63, 3.8) is 0 Å². The van der Waals surface area contributed by atoms with Gasteiger partial charge in [0.1, 0.15) is 10.9 Å². The SMILES string of the molecule is CCc1occc1-c1nnc2cncc(Cl)n12. The molecule has 0 spiro atoms. The molecule has 0 atom stereocenters. The van der Waals surface area contributed by atoms with Gasteiger partial charge in [-0.1, -0.05) is 18.5 Å². The smallest absolute Gasteiger partial charge is 0.180 e. The Bertz CT molecular complexity index is 673. The van der Waals surface area contributed by atoms with E-state index in [9.17, 15) is 0 Å². The van der Waals surface area contributed by atoms with E-state index in [1.165, 1.54) is 0 Å². The zero-order valence-corrected chi connectivity index (χ0v) is 9.85. The summed E-state index contributed by atoms with van der Waals surface area (Å²) in [7, 11) is 0. The van der Waals surface area contributed by atoms with Crippen LogP contribution in [0.2, 0.25) is 5.15 Å². The standard InChI is InChI=1S/C11H9ClN4O/c1-2-8-7(3-4-17-8)11-15-14-10-6-13-5-9(12)16(10)11/h3-6H,2H2,1H3. The second kappa shape index (κ2) is 3.85. The molecule has 3 rings (SSSR count). The monoisotopic (exact) mass is 248 g/mol. The first kappa shape index (κ1) is 10.3. The maximum absolute atomic E-state index is 6.11. The lowest BCUT2D eigenvalue weighted by Crippen LogP contribution is -1.93. The third kappa shape index (κ3) is 1.51. The van der Waals surface area contributed by atoms with Gasteiger partial charge in [-0.15, -0.1) is 10.2 Å². The van der Waals surface area contributed by atoms with E-state index in [0.717, 1.165) is 17.7 Å². The van der Waals surface area contributed by atoms with E-state index in [1.54, 1.807) is 23.1 Å². The molecule has 6 heteroatoms. The van der Waals surface area contributed by atoms with E-state index < -0.39 is 0 Å². The van der Waals surface area contributed by atoms with Crippen LogP contribution in [-0.4, -0.2) is 19.6 Å². The van der Waals surface area contributed by atoms with Crippen molar-refractivity contribution in [3.05, 3.63) is 35.6 Å². The molecule has 0 saturated heterocycles. The Morgan fingerprint density at radius 1 is 1.35 bits per heavy atom. The molecule has 3 aromatic heterocycles. The summed E-state index contributed by atoms with van der Waals surface area (Å²) in [5.74, 6) is 1.55. The van der Waals surface area contributed by atoms with Crippen molar-refractivity contribution in [1.29, 1.82) is 0 Å². The van der Waals surface area contributed by atoms with Gasteiger partial charge < -0.3 is 4.42 Å². The van der Waals surface area contributed by atoms with Crippen LogP contribution in [0.5, 0.6) is 0 Å². The first-order chi connectivity index (χ1) is 8.31. The second-order valence-electron chi connectivity index (χ2n) is 3.56. The predicted octanol–water partition coefficient (Wildman–Crippen LogP) is 2.60. The van der Waals surface area contributed by atoms with E-state index in [1.807, 2.05) is 13.0 Å². The molecular weight excluding hydrogens is 240 g/mol. The van der Waals surface area contributed by atoms with Crippen LogP contribution in [0, 0.1) is 0 Å². The van der Waals surface area contributed by atoms with Crippen molar-refractivity contribution in [3.8, 4) is 11.4 Å². The summed E-state index contributed by atoms with van der Waals surface area (Å²) in [5, 5.41) is 8.65. The largest absolute Gasteiger partial charge is 0.469 e. The Morgan fingerprint density at radius 3 is 3.06 bits per heavy atom. The molecule has 3 heterocycles. The lowest BCUT2D eigenvalue weighted by atomic mass is 10.2. The fraction of sp³-hybridized carbons (Fsp3) is 0.182. The molecule has 86 valence electrons. The van der Waals surface area contributed by atoms with Crippen molar-refractivity contribution in [1.82, 2.24) is 19.6 Å². The van der Waals surface area contributed by atoms with Gasteiger partial charge in [-0.05, 0) is 6.07 Å². The molecule has 3 aromatic rings. The highest BCUT2D eigenvalue weighted by atomic mass is 35.5. The Hall–Kier alpha value is -1.88. The lowest BCUT2D eigenvalue weighted by molar-refractivity contribution is 0.517. The quantitative estimate of drug-likeness (QED) is 0.700. The van der Waals surface area contributed by atoms with Crippen LogP contribution in [0.4, 0.5) is 0 Å². The minimum Gasteiger partial charge on any atom is -0.469 e. The molecule has 0 bridgehead atoms. The van der Waals surface area contributed by atoms with Crippen molar-refractivity contribution in [2.24, 2.45) is 0 Å². The normalized spacial score (nSPS) is 11.2. The van der Waals surface area contributed by atoms with Gasteiger partial charge in [-0.3, -0.25) is 9.38 Å². The third-order valence-corrected chi connectivity index (χ3v) is 2.85.